The lowest BCUT2D eigenvalue weighted by atomic mass is 10.1. The topological polar surface area (TPSA) is 99.4 Å². The largest absolute Gasteiger partial charge is 0.392 e. The minimum Gasteiger partial charge on any atom is -0.392 e. The maximum atomic E-state index is 9.86. The van der Waals surface area contributed by atoms with Gasteiger partial charge in [-0.15, -0.1) is 0 Å². The molecule has 2 rings (SSSR count). The van der Waals surface area contributed by atoms with Gasteiger partial charge in [-0.25, -0.2) is 0 Å². The molecule has 18 heavy (non-hydrogen) atoms. The molecule has 106 valence electrons. The van der Waals surface area contributed by atoms with Crippen molar-refractivity contribution in [3.8, 4) is 0 Å². The maximum Gasteiger partial charge on any atom is 0.139 e. The molecule has 2 aliphatic rings. The Bertz CT molecular complexity index is 270. The average Bonchev–Trinajstić information content (AvgIpc) is 2.41. The summed E-state index contributed by atoms with van der Waals surface area (Å²) in [6.07, 6.45) is -0.906. The van der Waals surface area contributed by atoms with Gasteiger partial charge in [0.25, 0.3) is 0 Å². The molecule has 0 saturated carbocycles. The Balaban J connectivity index is 1.98. The molecule has 0 aromatic rings. The van der Waals surface area contributed by atoms with Gasteiger partial charge in [0.15, 0.2) is 0 Å². The monoisotopic (exact) mass is 280 g/mol. The van der Waals surface area contributed by atoms with E-state index >= 15 is 0 Å². The molecule has 4 N–H and O–H groups in total. The molecule has 5 atom stereocenters. The van der Waals surface area contributed by atoms with E-state index in [0.29, 0.717) is 13.0 Å². The fourth-order valence-electron chi connectivity index (χ4n) is 2.18. The van der Waals surface area contributed by atoms with E-state index in [1.54, 1.807) is 0 Å². The SMILES string of the molecule is OCC1(SC2OCC(O)C(O)C2O)CCCCO1. The van der Waals surface area contributed by atoms with Gasteiger partial charge >= 0.3 is 0 Å². The zero-order valence-corrected chi connectivity index (χ0v) is 10.9. The zero-order valence-electron chi connectivity index (χ0n) is 10.1. The van der Waals surface area contributed by atoms with E-state index in [0.717, 1.165) is 12.8 Å². The number of thioether (sulfide) groups is 1. The van der Waals surface area contributed by atoms with Crippen LogP contribution in [0, 0.1) is 0 Å². The van der Waals surface area contributed by atoms with Crippen LogP contribution in [0.4, 0.5) is 0 Å². The van der Waals surface area contributed by atoms with E-state index in [9.17, 15) is 20.4 Å². The number of rotatable bonds is 3. The molecule has 0 bridgehead atoms. The molecule has 0 aromatic carbocycles. The third-order valence-corrected chi connectivity index (χ3v) is 4.87. The Kier molecular flexibility index (Phi) is 4.87. The number of aliphatic hydroxyl groups is 4. The molecular weight excluding hydrogens is 260 g/mol. The van der Waals surface area contributed by atoms with Crippen LogP contribution in [0.2, 0.25) is 0 Å². The second-order valence-electron chi connectivity index (χ2n) is 4.74. The van der Waals surface area contributed by atoms with Crippen LogP contribution < -0.4 is 0 Å². The van der Waals surface area contributed by atoms with Gasteiger partial charge in [-0.2, -0.15) is 0 Å². The van der Waals surface area contributed by atoms with Crippen molar-refractivity contribution >= 4 is 11.8 Å². The summed E-state index contributed by atoms with van der Waals surface area (Å²) in [7, 11) is 0. The summed E-state index contributed by atoms with van der Waals surface area (Å²) >= 11 is 1.19. The first-order valence-electron chi connectivity index (χ1n) is 6.16. The van der Waals surface area contributed by atoms with Crippen LogP contribution >= 0.6 is 11.8 Å². The molecule has 0 aromatic heterocycles. The standard InChI is InChI=1S/C11H20O6S/c12-6-11(3-1-2-4-17-11)18-10-9(15)8(14)7(13)5-16-10/h7-10,12-15H,1-6H2. The highest BCUT2D eigenvalue weighted by Crippen LogP contribution is 2.41. The fraction of sp³-hybridized carbons (Fsp3) is 1.00. The van der Waals surface area contributed by atoms with Gasteiger partial charge in [-0.3, -0.25) is 0 Å². The smallest absolute Gasteiger partial charge is 0.139 e. The predicted octanol–water partition coefficient (Wildman–Crippen LogP) is -0.952. The van der Waals surface area contributed by atoms with Crippen molar-refractivity contribution in [1.82, 2.24) is 0 Å². The Hall–Kier alpha value is 0.110. The van der Waals surface area contributed by atoms with Crippen molar-refractivity contribution in [2.75, 3.05) is 19.8 Å². The van der Waals surface area contributed by atoms with Gasteiger partial charge in [0.05, 0.1) is 13.2 Å². The Morgan fingerprint density at radius 1 is 1.17 bits per heavy atom. The lowest BCUT2D eigenvalue weighted by Crippen LogP contribution is -2.53. The first-order valence-corrected chi connectivity index (χ1v) is 7.04. The highest BCUT2D eigenvalue weighted by molar-refractivity contribution is 8.01. The molecule has 2 heterocycles. The average molecular weight is 280 g/mol. The second-order valence-corrected chi connectivity index (χ2v) is 6.19. The van der Waals surface area contributed by atoms with Crippen LogP contribution in [0.5, 0.6) is 0 Å². The maximum absolute atomic E-state index is 9.86. The van der Waals surface area contributed by atoms with Crippen molar-refractivity contribution in [3.63, 3.8) is 0 Å². The Labute approximate surface area is 110 Å². The molecule has 2 fully saturated rings. The summed E-state index contributed by atoms with van der Waals surface area (Å²) in [5.74, 6) is 0. The number of hydrogen-bond acceptors (Lipinski definition) is 7. The highest BCUT2D eigenvalue weighted by atomic mass is 32.2. The third kappa shape index (κ3) is 2.98. The Morgan fingerprint density at radius 3 is 2.56 bits per heavy atom. The summed E-state index contributed by atoms with van der Waals surface area (Å²) < 4.78 is 10.9. The molecule has 2 aliphatic heterocycles. The van der Waals surface area contributed by atoms with Crippen LogP contribution in [0.15, 0.2) is 0 Å². The first kappa shape index (κ1) is 14.5. The van der Waals surface area contributed by atoms with Crippen molar-refractivity contribution in [2.24, 2.45) is 0 Å². The summed E-state index contributed by atoms with van der Waals surface area (Å²) in [6.45, 7) is 0.377. The van der Waals surface area contributed by atoms with Gasteiger partial charge < -0.3 is 29.9 Å². The zero-order chi connectivity index (χ0) is 13.2. The van der Waals surface area contributed by atoms with Gasteiger partial charge in [0.2, 0.25) is 0 Å². The lowest BCUT2D eigenvalue weighted by Gasteiger charge is -2.41. The molecular formula is C11H20O6S. The summed E-state index contributed by atoms with van der Waals surface area (Å²) in [4.78, 5) is -0.772. The van der Waals surface area contributed by atoms with E-state index in [2.05, 4.69) is 0 Å². The van der Waals surface area contributed by atoms with E-state index in [1.165, 1.54) is 11.8 Å². The molecule has 2 saturated heterocycles. The lowest BCUT2D eigenvalue weighted by molar-refractivity contribution is -0.163. The molecule has 0 radical (unpaired) electrons. The molecule has 0 aliphatic carbocycles. The minimum absolute atomic E-state index is 0.0304. The number of aliphatic hydroxyl groups excluding tert-OH is 4. The number of hydrogen-bond donors (Lipinski definition) is 4. The molecule has 6 nitrogen and oxygen atoms in total. The molecule has 5 unspecified atom stereocenters. The summed E-state index contributed by atoms with van der Waals surface area (Å²) in [5, 5.41) is 38.3. The minimum atomic E-state index is -1.23. The molecule has 7 heteroatoms. The first-order chi connectivity index (χ1) is 8.58. The van der Waals surface area contributed by atoms with Crippen molar-refractivity contribution in [3.05, 3.63) is 0 Å². The van der Waals surface area contributed by atoms with Crippen molar-refractivity contribution < 1.29 is 29.9 Å². The van der Waals surface area contributed by atoms with E-state index in [-0.39, 0.29) is 13.2 Å². The van der Waals surface area contributed by atoms with Crippen LogP contribution in [0.1, 0.15) is 19.3 Å². The fourth-order valence-corrected chi connectivity index (χ4v) is 3.53. The van der Waals surface area contributed by atoms with Crippen LogP contribution in [-0.4, -0.2) is 68.9 Å². The highest BCUT2D eigenvalue weighted by Gasteiger charge is 2.44. The summed E-state index contributed by atoms with van der Waals surface area (Å²) in [6, 6.07) is 0. The van der Waals surface area contributed by atoms with E-state index in [1.807, 2.05) is 0 Å². The normalized spacial score (nSPS) is 46.0. The van der Waals surface area contributed by atoms with Gasteiger partial charge in [-0.05, 0) is 19.3 Å². The van der Waals surface area contributed by atoms with Gasteiger partial charge in [0.1, 0.15) is 28.7 Å². The number of ether oxygens (including phenoxy) is 2. The van der Waals surface area contributed by atoms with Gasteiger partial charge in [-0.1, -0.05) is 11.8 Å². The molecule has 0 spiro atoms. The van der Waals surface area contributed by atoms with E-state index in [4.69, 9.17) is 9.47 Å². The van der Waals surface area contributed by atoms with Crippen molar-refractivity contribution in [1.29, 1.82) is 0 Å². The third-order valence-electron chi connectivity index (χ3n) is 3.34. The quantitative estimate of drug-likeness (QED) is 0.529. The van der Waals surface area contributed by atoms with Crippen LogP contribution in [-0.2, 0) is 9.47 Å². The van der Waals surface area contributed by atoms with Crippen molar-refractivity contribution in [2.45, 2.75) is 47.9 Å². The predicted molar refractivity (Wildman–Crippen MR) is 65.0 cm³/mol. The summed E-state index contributed by atoms with van der Waals surface area (Å²) in [5.41, 5.74) is -0.700. The second kappa shape index (κ2) is 6.04. The van der Waals surface area contributed by atoms with Crippen LogP contribution in [0.3, 0.4) is 0 Å². The Morgan fingerprint density at radius 2 is 1.94 bits per heavy atom. The molecule has 0 amide bonds. The van der Waals surface area contributed by atoms with Gasteiger partial charge in [0, 0.05) is 6.61 Å². The van der Waals surface area contributed by atoms with E-state index < -0.39 is 28.7 Å². The van der Waals surface area contributed by atoms with Crippen LogP contribution in [0.25, 0.3) is 0 Å².